The molecule has 1 heterocycles. The van der Waals surface area contributed by atoms with Crippen LogP contribution >= 0.6 is 0 Å². The first-order chi connectivity index (χ1) is 9.38. The number of hydrogen-bond donors (Lipinski definition) is 2. The van der Waals surface area contributed by atoms with E-state index in [0.717, 1.165) is 25.9 Å². The Kier molecular flexibility index (Phi) is 7.29. The van der Waals surface area contributed by atoms with E-state index in [1.54, 1.807) is 0 Å². The van der Waals surface area contributed by atoms with Gasteiger partial charge in [0.2, 0.25) is 5.91 Å². The second-order valence-corrected chi connectivity index (χ2v) is 5.31. The number of hydrogen-bond acceptors (Lipinski definition) is 3. The van der Waals surface area contributed by atoms with Gasteiger partial charge >= 0.3 is 6.18 Å². The zero-order valence-corrected chi connectivity index (χ0v) is 11.8. The van der Waals surface area contributed by atoms with E-state index in [-0.39, 0.29) is 25.0 Å². The van der Waals surface area contributed by atoms with Crippen molar-refractivity contribution in [2.24, 2.45) is 11.8 Å². The van der Waals surface area contributed by atoms with Crippen LogP contribution in [0, 0.1) is 11.8 Å². The van der Waals surface area contributed by atoms with E-state index in [9.17, 15) is 18.0 Å². The van der Waals surface area contributed by atoms with E-state index in [4.69, 9.17) is 0 Å². The molecule has 2 N–H and O–H groups in total. The molecule has 20 heavy (non-hydrogen) atoms. The van der Waals surface area contributed by atoms with Gasteiger partial charge in [-0.1, -0.05) is 6.92 Å². The Hall–Kier alpha value is -0.820. The number of halogens is 3. The van der Waals surface area contributed by atoms with Crippen LogP contribution < -0.4 is 10.6 Å². The van der Waals surface area contributed by atoms with Crippen LogP contribution in [-0.2, 0) is 9.53 Å². The van der Waals surface area contributed by atoms with Crippen LogP contribution in [-0.4, -0.2) is 44.9 Å². The summed E-state index contributed by atoms with van der Waals surface area (Å²) in [6, 6.07) is 0. The van der Waals surface area contributed by atoms with E-state index < -0.39 is 12.8 Å². The smallest absolute Gasteiger partial charge is 0.370 e. The molecule has 1 amide bonds. The lowest BCUT2D eigenvalue weighted by Gasteiger charge is -2.28. The van der Waals surface area contributed by atoms with Crippen molar-refractivity contribution < 1.29 is 22.7 Å². The molecule has 4 nitrogen and oxygen atoms in total. The molecule has 0 aromatic heterocycles. The molecule has 1 saturated heterocycles. The van der Waals surface area contributed by atoms with Gasteiger partial charge in [-0.25, -0.2) is 0 Å². The standard InChI is InChI=1S/C13H23F3N2O2/c1-10(11-3-2-4-17-8-11)7-12(19)18-5-6-20-9-13(14,15)16/h10-11,17H,2-9H2,1H3,(H,18,19). The summed E-state index contributed by atoms with van der Waals surface area (Å²) in [5.74, 6) is 0.647. The van der Waals surface area contributed by atoms with Crippen LogP contribution in [0.2, 0.25) is 0 Å². The molecule has 1 rings (SSSR count). The summed E-state index contributed by atoms with van der Waals surface area (Å²) >= 11 is 0. The predicted octanol–water partition coefficient (Wildman–Crippen LogP) is 1.71. The summed E-state index contributed by atoms with van der Waals surface area (Å²) in [5.41, 5.74) is 0. The summed E-state index contributed by atoms with van der Waals surface area (Å²) in [6.07, 6.45) is -1.66. The number of rotatable bonds is 7. The Labute approximate surface area is 117 Å². The maximum atomic E-state index is 11.8. The van der Waals surface area contributed by atoms with Crippen LogP contribution in [0.4, 0.5) is 13.2 Å². The molecule has 0 aliphatic carbocycles. The van der Waals surface area contributed by atoms with Crippen molar-refractivity contribution in [2.75, 3.05) is 32.8 Å². The molecule has 0 radical (unpaired) electrons. The Morgan fingerprint density at radius 2 is 2.25 bits per heavy atom. The lowest BCUT2D eigenvalue weighted by Crippen LogP contribution is -2.36. The van der Waals surface area contributed by atoms with Crippen LogP contribution in [0.15, 0.2) is 0 Å². The monoisotopic (exact) mass is 296 g/mol. The molecule has 0 saturated carbocycles. The van der Waals surface area contributed by atoms with Crippen molar-refractivity contribution in [1.82, 2.24) is 10.6 Å². The average molecular weight is 296 g/mol. The molecule has 0 aromatic carbocycles. The summed E-state index contributed by atoms with van der Waals surface area (Å²) in [5, 5.41) is 5.89. The zero-order valence-electron chi connectivity index (χ0n) is 11.8. The third-order valence-corrected chi connectivity index (χ3v) is 3.48. The second kappa shape index (κ2) is 8.46. The van der Waals surface area contributed by atoms with Crippen LogP contribution in [0.5, 0.6) is 0 Å². The Morgan fingerprint density at radius 1 is 1.50 bits per heavy atom. The van der Waals surface area contributed by atoms with Crippen molar-refractivity contribution in [2.45, 2.75) is 32.4 Å². The quantitative estimate of drug-likeness (QED) is 0.703. The summed E-state index contributed by atoms with van der Waals surface area (Å²) in [7, 11) is 0. The number of piperidine rings is 1. The van der Waals surface area contributed by atoms with Gasteiger partial charge in [-0.2, -0.15) is 13.2 Å². The highest BCUT2D eigenvalue weighted by Crippen LogP contribution is 2.22. The third kappa shape index (κ3) is 7.69. The minimum atomic E-state index is -4.31. The molecule has 1 fully saturated rings. The van der Waals surface area contributed by atoms with Crippen LogP contribution in [0.3, 0.4) is 0 Å². The maximum absolute atomic E-state index is 11.8. The van der Waals surface area contributed by atoms with Gasteiger partial charge in [-0.15, -0.1) is 0 Å². The largest absolute Gasteiger partial charge is 0.411 e. The van der Waals surface area contributed by atoms with Crippen LogP contribution in [0.25, 0.3) is 0 Å². The highest BCUT2D eigenvalue weighted by Gasteiger charge is 2.27. The molecular weight excluding hydrogens is 273 g/mol. The SMILES string of the molecule is CC(CC(=O)NCCOCC(F)(F)F)C1CCCNC1. The average Bonchev–Trinajstić information content (AvgIpc) is 2.38. The van der Waals surface area contributed by atoms with E-state index in [2.05, 4.69) is 15.4 Å². The number of alkyl halides is 3. The predicted molar refractivity (Wildman–Crippen MR) is 69.3 cm³/mol. The maximum Gasteiger partial charge on any atom is 0.411 e. The lowest BCUT2D eigenvalue weighted by molar-refractivity contribution is -0.173. The highest BCUT2D eigenvalue weighted by molar-refractivity contribution is 5.76. The van der Waals surface area contributed by atoms with Gasteiger partial charge in [0.1, 0.15) is 6.61 Å². The van der Waals surface area contributed by atoms with Crippen molar-refractivity contribution in [3.8, 4) is 0 Å². The molecule has 7 heteroatoms. The van der Waals surface area contributed by atoms with E-state index in [1.165, 1.54) is 0 Å². The molecule has 2 unspecified atom stereocenters. The van der Waals surface area contributed by atoms with Crippen molar-refractivity contribution >= 4 is 5.91 Å². The Morgan fingerprint density at radius 3 is 2.85 bits per heavy atom. The number of amides is 1. The number of ether oxygens (including phenoxy) is 1. The van der Waals surface area contributed by atoms with Gasteiger partial charge in [-0.3, -0.25) is 4.79 Å². The van der Waals surface area contributed by atoms with Gasteiger partial charge in [0.25, 0.3) is 0 Å². The minimum absolute atomic E-state index is 0.116. The molecule has 1 aliphatic heterocycles. The van der Waals surface area contributed by atoms with E-state index >= 15 is 0 Å². The summed E-state index contributed by atoms with van der Waals surface area (Å²) in [6.45, 7) is 2.73. The molecule has 0 spiro atoms. The van der Waals surface area contributed by atoms with Gasteiger partial charge in [-0.05, 0) is 37.8 Å². The topological polar surface area (TPSA) is 50.4 Å². The molecule has 0 bridgehead atoms. The number of nitrogens with one attached hydrogen (secondary N) is 2. The minimum Gasteiger partial charge on any atom is -0.370 e. The second-order valence-electron chi connectivity index (χ2n) is 5.31. The Balaban J connectivity index is 2.07. The zero-order chi connectivity index (χ0) is 15.0. The molecule has 0 aromatic rings. The van der Waals surface area contributed by atoms with Crippen molar-refractivity contribution in [3.05, 3.63) is 0 Å². The normalized spacial score (nSPS) is 21.5. The van der Waals surface area contributed by atoms with Gasteiger partial charge in [0.15, 0.2) is 0 Å². The first-order valence-corrected chi connectivity index (χ1v) is 7.00. The highest BCUT2D eigenvalue weighted by atomic mass is 19.4. The first-order valence-electron chi connectivity index (χ1n) is 7.00. The van der Waals surface area contributed by atoms with E-state index in [0.29, 0.717) is 12.3 Å². The summed E-state index contributed by atoms with van der Waals surface area (Å²) < 4.78 is 39.8. The van der Waals surface area contributed by atoms with Crippen molar-refractivity contribution in [1.29, 1.82) is 0 Å². The van der Waals surface area contributed by atoms with E-state index in [1.807, 2.05) is 6.92 Å². The first kappa shape index (κ1) is 17.2. The molecule has 1 aliphatic rings. The molecular formula is C13H23F3N2O2. The van der Waals surface area contributed by atoms with Crippen molar-refractivity contribution in [3.63, 3.8) is 0 Å². The van der Waals surface area contributed by atoms with Gasteiger partial charge in [0, 0.05) is 13.0 Å². The molecule has 118 valence electrons. The fraction of sp³-hybridized carbons (Fsp3) is 0.923. The number of carbonyl (C=O) groups excluding carboxylic acids is 1. The fourth-order valence-electron chi connectivity index (χ4n) is 2.35. The Bertz CT molecular complexity index is 292. The summed E-state index contributed by atoms with van der Waals surface area (Å²) in [4.78, 5) is 11.6. The third-order valence-electron chi connectivity index (χ3n) is 3.48. The fourth-order valence-corrected chi connectivity index (χ4v) is 2.35. The van der Waals surface area contributed by atoms with Crippen LogP contribution in [0.1, 0.15) is 26.2 Å². The number of carbonyl (C=O) groups is 1. The lowest BCUT2D eigenvalue weighted by atomic mass is 9.85. The molecule has 2 atom stereocenters. The van der Waals surface area contributed by atoms with Gasteiger partial charge in [0.05, 0.1) is 6.61 Å². The van der Waals surface area contributed by atoms with Gasteiger partial charge < -0.3 is 15.4 Å².